The lowest BCUT2D eigenvalue weighted by Gasteiger charge is -2.56. The Morgan fingerprint density at radius 1 is 1.22 bits per heavy atom. The third-order valence-corrected chi connectivity index (χ3v) is 7.19. The minimum absolute atomic E-state index is 0.00601. The van der Waals surface area contributed by atoms with Gasteiger partial charge in [-0.2, -0.15) is 5.10 Å². The number of likely N-dealkylation sites (N-methyl/N-ethyl adjacent to an activating group) is 1. The van der Waals surface area contributed by atoms with Crippen LogP contribution in [0.25, 0.3) is 0 Å². The Bertz CT molecular complexity index is 988. The van der Waals surface area contributed by atoms with Gasteiger partial charge >= 0.3 is 0 Å². The Morgan fingerprint density at radius 3 is 2.69 bits per heavy atom. The fourth-order valence-electron chi connectivity index (χ4n) is 5.92. The zero-order valence-electron chi connectivity index (χ0n) is 19.0. The summed E-state index contributed by atoms with van der Waals surface area (Å²) in [5, 5.41) is 6.91. The summed E-state index contributed by atoms with van der Waals surface area (Å²) in [4.78, 5) is 42.1. The van der Waals surface area contributed by atoms with E-state index in [9.17, 15) is 9.59 Å². The average Bonchev–Trinajstić information content (AvgIpc) is 3.26. The summed E-state index contributed by atoms with van der Waals surface area (Å²) in [6, 6.07) is 3.52. The van der Waals surface area contributed by atoms with Gasteiger partial charge in [0, 0.05) is 56.1 Å². The van der Waals surface area contributed by atoms with Gasteiger partial charge in [0.15, 0.2) is 0 Å². The van der Waals surface area contributed by atoms with E-state index in [4.69, 9.17) is 0 Å². The van der Waals surface area contributed by atoms with E-state index in [1.165, 1.54) is 0 Å². The molecule has 3 aliphatic heterocycles. The van der Waals surface area contributed by atoms with Crippen molar-refractivity contribution in [2.24, 2.45) is 11.8 Å². The van der Waals surface area contributed by atoms with E-state index in [0.717, 1.165) is 48.8 Å². The highest BCUT2D eigenvalue weighted by atomic mass is 16.2. The first kappa shape index (κ1) is 20.9. The fourth-order valence-corrected chi connectivity index (χ4v) is 5.92. The summed E-state index contributed by atoms with van der Waals surface area (Å²) in [5.74, 6) is 1.27. The van der Waals surface area contributed by atoms with Crippen molar-refractivity contribution in [2.75, 3.05) is 25.0 Å². The quantitative estimate of drug-likeness (QED) is 0.782. The van der Waals surface area contributed by atoms with Crippen molar-refractivity contribution < 1.29 is 9.59 Å². The predicted molar refractivity (Wildman–Crippen MR) is 119 cm³/mol. The van der Waals surface area contributed by atoms with Crippen LogP contribution in [-0.2, 0) is 16.1 Å². The molecule has 2 aromatic heterocycles. The van der Waals surface area contributed by atoms with Crippen molar-refractivity contribution in [3.8, 4) is 0 Å². The van der Waals surface area contributed by atoms with E-state index in [1.54, 1.807) is 11.1 Å². The number of piperidine rings is 3. The topological polar surface area (TPSA) is 98.3 Å². The number of aryl methyl sites for hydroxylation is 2. The summed E-state index contributed by atoms with van der Waals surface area (Å²) < 4.78 is 0. The third-order valence-electron chi connectivity index (χ3n) is 7.19. The average molecular weight is 438 g/mol. The number of hydrogen-bond acceptors (Lipinski definition) is 6. The number of H-pyrrole nitrogens is 1. The number of aromatic amines is 1. The van der Waals surface area contributed by atoms with Gasteiger partial charge in [-0.1, -0.05) is 0 Å². The number of nitrogens with one attached hydrogen (secondary N) is 1. The molecule has 0 saturated carbocycles. The molecule has 3 saturated heterocycles. The second-order valence-electron chi connectivity index (χ2n) is 9.59. The van der Waals surface area contributed by atoms with Gasteiger partial charge in [0.1, 0.15) is 6.04 Å². The smallest absolute Gasteiger partial charge is 0.245 e. The van der Waals surface area contributed by atoms with E-state index in [2.05, 4.69) is 25.1 Å². The molecule has 170 valence electrons. The molecule has 5 heterocycles. The minimum Gasteiger partial charge on any atom is -0.340 e. The molecule has 3 fully saturated rings. The molecule has 0 spiro atoms. The molecule has 3 aliphatic rings. The van der Waals surface area contributed by atoms with Gasteiger partial charge in [-0.05, 0) is 51.2 Å². The summed E-state index contributed by atoms with van der Waals surface area (Å²) in [7, 11) is 1.81. The van der Waals surface area contributed by atoms with Crippen molar-refractivity contribution in [1.82, 2.24) is 30.0 Å². The second kappa shape index (κ2) is 8.18. The lowest BCUT2D eigenvalue weighted by atomic mass is 9.71. The molecular formula is C23H31N7O2. The molecule has 0 radical (unpaired) electrons. The van der Waals surface area contributed by atoms with Crippen LogP contribution in [0.2, 0.25) is 0 Å². The first-order valence-corrected chi connectivity index (χ1v) is 11.5. The highest BCUT2D eigenvalue weighted by Gasteiger charge is 2.52. The first-order chi connectivity index (χ1) is 15.4. The van der Waals surface area contributed by atoms with Crippen molar-refractivity contribution >= 4 is 17.8 Å². The first-order valence-electron chi connectivity index (χ1n) is 11.5. The van der Waals surface area contributed by atoms with Crippen LogP contribution in [0.5, 0.6) is 0 Å². The van der Waals surface area contributed by atoms with Crippen LogP contribution in [0.1, 0.15) is 42.8 Å². The van der Waals surface area contributed by atoms with Crippen molar-refractivity contribution in [2.45, 2.75) is 58.2 Å². The standard InChI is InChI=1S/C23H31N7O2/c1-14-9-15(2)26-23(25-14)29-11-16-10-17(12-29)21(30-19(16)5-4-6-20(30)31)22(32)28(3)13-18-7-8-24-27-18/h7-9,16-17,19,21H,4-6,10-13H2,1-3H3,(H,24,27)/t16-,17+,19-,21+/m0/s1. The number of carbonyl (C=O) groups excluding carboxylic acids is 2. The summed E-state index contributed by atoms with van der Waals surface area (Å²) in [6.07, 6.45) is 5.04. The van der Waals surface area contributed by atoms with E-state index < -0.39 is 6.04 Å². The summed E-state index contributed by atoms with van der Waals surface area (Å²) in [6.45, 7) is 5.94. The van der Waals surface area contributed by atoms with E-state index in [0.29, 0.717) is 25.4 Å². The minimum atomic E-state index is -0.439. The molecule has 4 atom stereocenters. The summed E-state index contributed by atoms with van der Waals surface area (Å²) >= 11 is 0. The molecule has 2 bridgehead atoms. The molecule has 0 unspecified atom stereocenters. The Balaban J connectivity index is 1.45. The number of carbonyl (C=O) groups is 2. The predicted octanol–water partition coefficient (Wildman–Crippen LogP) is 1.68. The number of fused-ring (bicyclic) bond motifs is 4. The van der Waals surface area contributed by atoms with Crippen LogP contribution in [0, 0.1) is 25.7 Å². The van der Waals surface area contributed by atoms with Crippen LogP contribution < -0.4 is 4.90 Å². The van der Waals surface area contributed by atoms with Gasteiger partial charge in [-0.15, -0.1) is 0 Å². The maximum Gasteiger partial charge on any atom is 0.245 e. The molecule has 9 heteroatoms. The molecule has 2 amide bonds. The molecule has 9 nitrogen and oxygen atoms in total. The molecule has 0 aromatic carbocycles. The Kier molecular flexibility index (Phi) is 5.35. The SMILES string of the molecule is Cc1cc(C)nc(N2C[C@@H]3C[C@H](C2)[C@H](C(=O)N(C)Cc2ccn[nH]2)N2C(=O)CCC[C@@H]32)n1. The molecule has 32 heavy (non-hydrogen) atoms. The number of nitrogens with zero attached hydrogens (tertiary/aromatic N) is 6. The number of amides is 2. The van der Waals surface area contributed by atoms with Gasteiger partial charge < -0.3 is 14.7 Å². The van der Waals surface area contributed by atoms with Gasteiger partial charge in [0.05, 0.1) is 12.2 Å². The van der Waals surface area contributed by atoms with Crippen molar-refractivity contribution in [3.63, 3.8) is 0 Å². The molecule has 2 aromatic rings. The molecule has 0 aliphatic carbocycles. The monoisotopic (exact) mass is 437 g/mol. The second-order valence-corrected chi connectivity index (χ2v) is 9.59. The molecule has 1 N–H and O–H groups in total. The number of rotatable bonds is 4. The third kappa shape index (κ3) is 3.73. The van der Waals surface area contributed by atoms with Crippen LogP contribution in [0.15, 0.2) is 18.3 Å². The maximum atomic E-state index is 13.7. The van der Waals surface area contributed by atoms with Gasteiger partial charge in [-0.25, -0.2) is 9.97 Å². The van der Waals surface area contributed by atoms with Crippen LogP contribution >= 0.6 is 0 Å². The Morgan fingerprint density at radius 2 is 1.97 bits per heavy atom. The Labute approximate surface area is 188 Å². The van der Waals surface area contributed by atoms with Crippen molar-refractivity contribution in [3.05, 3.63) is 35.4 Å². The highest BCUT2D eigenvalue weighted by Crippen LogP contribution is 2.42. The van der Waals surface area contributed by atoms with Crippen LogP contribution in [0.3, 0.4) is 0 Å². The highest BCUT2D eigenvalue weighted by molar-refractivity contribution is 5.89. The Hall–Kier alpha value is -2.97. The van der Waals surface area contributed by atoms with Gasteiger partial charge in [0.2, 0.25) is 17.8 Å². The zero-order valence-corrected chi connectivity index (χ0v) is 19.0. The maximum absolute atomic E-state index is 13.7. The zero-order chi connectivity index (χ0) is 22.4. The normalized spacial score (nSPS) is 27.3. The number of anilines is 1. The largest absolute Gasteiger partial charge is 0.340 e. The van der Waals surface area contributed by atoms with E-state index in [-0.39, 0.29) is 23.8 Å². The molecule has 5 rings (SSSR count). The fraction of sp³-hybridized carbons (Fsp3) is 0.609. The number of aromatic nitrogens is 4. The van der Waals surface area contributed by atoms with E-state index >= 15 is 0 Å². The lowest BCUT2D eigenvalue weighted by molar-refractivity contribution is -0.160. The lowest BCUT2D eigenvalue weighted by Crippen LogP contribution is -2.68. The number of hydrogen-bond donors (Lipinski definition) is 1. The van der Waals surface area contributed by atoms with Crippen LogP contribution in [0.4, 0.5) is 5.95 Å². The van der Waals surface area contributed by atoms with E-state index in [1.807, 2.05) is 37.9 Å². The molecular weight excluding hydrogens is 406 g/mol. The van der Waals surface area contributed by atoms with Gasteiger partial charge in [-0.3, -0.25) is 14.7 Å². The van der Waals surface area contributed by atoms with Gasteiger partial charge in [0.25, 0.3) is 0 Å². The van der Waals surface area contributed by atoms with Crippen LogP contribution in [-0.4, -0.2) is 74.0 Å². The van der Waals surface area contributed by atoms with Crippen molar-refractivity contribution in [1.29, 1.82) is 0 Å². The summed E-state index contributed by atoms with van der Waals surface area (Å²) in [5.41, 5.74) is 2.78.